The third-order valence-corrected chi connectivity index (χ3v) is 8.97. The fraction of sp³-hybridized carbons (Fsp3) is 0.944. The van der Waals surface area contributed by atoms with Crippen molar-refractivity contribution in [1.29, 1.82) is 0 Å². The molecule has 0 aromatic carbocycles. The van der Waals surface area contributed by atoms with Gasteiger partial charge in [-0.25, -0.2) is 0 Å². The van der Waals surface area contributed by atoms with Crippen LogP contribution in [0, 0.1) is 0 Å². The first kappa shape index (κ1) is 15.6. The molecule has 0 N–H and O–H groups in total. The van der Waals surface area contributed by atoms with Crippen molar-refractivity contribution in [3.05, 3.63) is 0 Å². The van der Waals surface area contributed by atoms with Crippen LogP contribution in [0.1, 0.15) is 83.5 Å². The van der Waals surface area contributed by atoms with Gasteiger partial charge in [-0.15, -0.1) is 23.4 Å². The molecule has 0 unspecified atom stereocenters. The molecule has 22 heavy (non-hydrogen) atoms. The maximum Gasteiger partial charge on any atom is 0.224 e. The summed E-state index contributed by atoms with van der Waals surface area (Å²) < 4.78 is 0.322. The zero-order valence-electron chi connectivity index (χ0n) is 13.5. The topological polar surface area (TPSA) is 20.3 Å². The summed E-state index contributed by atoms with van der Waals surface area (Å²) in [5, 5.41) is 0.192. The van der Waals surface area contributed by atoms with Crippen molar-refractivity contribution in [3.8, 4) is 0 Å². The van der Waals surface area contributed by atoms with Gasteiger partial charge in [-0.2, -0.15) is 0 Å². The number of fused-ring (bicyclic) bond motifs is 3. The lowest BCUT2D eigenvalue weighted by molar-refractivity contribution is -0.137. The molecule has 2 aliphatic heterocycles. The Hall–Kier alpha value is 0.110. The van der Waals surface area contributed by atoms with Crippen molar-refractivity contribution < 1.29 is 4.79 Å². The molecule has 2 saturated carbocycles. The number of carbonyl (C=O) groups excluding carboxylic acids is 1. The molecule has 4 aliphatic rings. The second kappa shape index (κ2) is 5.88. The van der Waals surface area contributed by atoms with E-state index in [1.165, 1.54) is 64.2 Å². The zero-order chi connectivity index (χ0) is 15.2. The summed E-state index contributed by atoms with van der Waals surface area (Å²) in [5.74, 6) is 0.407. The lowest BCUT2D eigenvalue weighted by Gasteiger charge is -2.42. The van der Waals surface area contributed by atoms with Gasteiger partial charge in [0.2, 0.25) is 5.91 Å². The second-order valence-corrected chi connectivity index (χ2v) is 10.3. The van der Waals surface area contributed by atoms with Gasteiger partial charge in [-0.05, 0) is 38.5 Å². The van der Waals surface area contributed by atoms with Crippen LogP contribution in [0.25, 0.3) is 0 Å². The van der Waals surface area contributed by atoms with Gasteiger partial charge < -0.3 is 4.90 Å². The lowest BCUT2D eigenvalue weighted by atomic mass is 9.80. The Balaban J connectivity index is 1.74. The Labute approximate surface area is 143 Å². The van der Waals surface area contributed by atoms with E-state index in [4.69, 9.17) is 11.6 Å². The van der Waals surface area contributed by atoms with Crippen molar-refractivity contribution in [2.24, 2.45) is 0 Å². The van der Waals surface area contributed by atoms with Crippen molar-refractivity contribution >= 4 is 29.3 Å². The summed E-state index contributed by atoms with van der Waals surface area (Å²) >= 11 is 8.82. The quantitative estimate of drug-likeness (QED) is 0.572. The zero-order valence-corrected chi connectivity index (χ0v) is 15.1. The number of hydrogen-bond acceptors (Lipinski definition) is 2. The molecule has 4 heteroatoms. The number of rotatable bonds is 0. The van der Waals surface area contributed by atoms with Crippen molar-refractivity contribution in [3.63, 3.8) is 0 Å². The van der Waals surface area contributed by atoms with E-state index in [9.17, 15) is 4.79 Å². The van der Waals surface area contributed by atoms with Gasteiger partial charge in [0.05, 0.1) is 4.87 Å². The highest BCUT2D eigenvalue weighted by molar-refractivity contribution is 8.02. The third-order valence-electron chi connectivity index (χ3n) is 6.51. The molecule has 0 aromatic heterocycles. The van der Waals surface area contributed by atoms with Crippen molar-refractivity contribution in [2.45, 2.75) is 105 Å². The Morgan fingerprint density at radius 1 is 1.00 bits per heavy atom. The molecule has 4 rings (SSSR count). The molecule has 2 spiro atoms. The molecule has 4 fully saturated rings. The first-order chi connectivity index (χ1) is 10.7. The number of nitrogens with zero attached hydrogens (tertiary/aromatic N) is 1. The van der Waals surface area contributed by atoms with E-state index in [0.29, 0.717) is 23.1 Å². The normalized spacial score (nSPS) is 37.3. The highest BCUT2D eigenvalue weighted by Gasteiger charge is 2.61. The predicted molar refractivity (Wildman–Crippen MR) is 93.3 cm³/mol. The molecular formula is C18H28ClNOS. The van der Waals surface area contributed by atoms with Crippen LogP contribution in [0.15, 0.2) is 0 Å². The molecule has 1 amide bonds. The van der Waals surface area contributed by atoms with E-state index in [0.717, 1.165) is 12.8 Å². The standard InChI is InChI=1S/C18H28ClNOS/c19-14-7-8-16(21)20-15(13-14)17(9-3-1-4-10-17)22-18(20)11-5-2-6-12-18/h14-15H,1-13H2/t14-,15+/m0/s1. The minimum absolute atomic E-state index is 0.123. The molecule has 124 valence electrons. The second-order valence-electron chi connectivity index (χ2n) is 7.89. The van der Waals surface area contributed by atoms with Gasteiger partial charge in [0.1, 0.15) is 0 Å². The Kier molecular flexibility index (Phi) is 4.18. The van der Waals surface area contributed by atoms with Gasteiger partial charge in [0.15, 0.2) is 0 Å². The van der Waals surface area contributed by atoms with Crippen LogP contribution in [-0.4, -0.2) is 31.8 Å². The smallest absolute Gasteiger partial charge is 0.224 e. The largest absolute Gasteiger partial charge is 0.324 e. The van der Waals surface area contributed by atoms with E-state index in [-0.39, 0.29) is 10.2 Å². The molecule has 2 nitrogen and oxygen atoms in total. The van der Waals surface area contributed by atoms with Gasteiger partial charge in [-0.1, -0.05) is 38.5 Å². The first-order valence-corrected chi connectivity index (χ1v) is 10.6. The van der Waals surface area contributed by atoms with Crippen LogP contribution in [0.2, 0.25) is 0 Å². The number of thioether (sulfide) groups is 1. The van der Waals surface area contributed by atoms with Crippen LogP contribution in [0.5, 0.6) is 0 Å². The average Bonchev–Trinajstić information content (AvgIpc) is 2.65. The molecular weight excluding hydrogens is 314 g/mol. The van der Waals surface area contributed by atoms with Crippen LogP contribution < -0.4 is 0 Å². The summed E-state index contributed by atoms with van der Waals surface area (Å²) in [6, 6.07) is 0.411. The molecule has 2 heterocycles. The van der Waals surface area contributed by atoms with Crippen LogP contribution in [0.4, 0.5) is 0 Å². The van der Waals surface area contributed by atoms with Crippen molar-refractivity contribution in [2.75, 3.05) is 0 Å². The maximum atomic E-state index is 13.0. The van der Waals surface area contributed by atoms with Gasteiger partial charge in [0, 0.05) is 22.6 Å². The van der Waals surface area contributed by atoms with E-state index >= 15 is 0 Å². The summed E-state index contributed by atoms with van der Waals surface area (Å²) in [6.07, 6.45) is 15.6. The molecule has 0 radical (unpaired) electrons. The summed E-state index contributed by atoms with van der Waals surface area (Å²) in [6.45, 7) is 0. The van der Waals surface area contributed by atoms with E-state index in [2.05, 4.69) is 16.7 Å². The minimum atomic E-state index is 0.123. The highest BCUT2D eigenvalue weighted by Crippen LogP contribution is 2.63. The number of alkyl halides is 1. The highest BCUT2D eigenvalue weighted by atomic mass is 35.5. The number of carbonyl (C=O) groups is 1. The predicted octanol–water partition coefficient (Wildman–Crippen LogP) is 5.09. The maximum absolute atomic E-state index is 13.0. The van der Waals surface area contributed by atoms with Crippen LogP contribution >= 0.6 is 23.4 Å². The minimum Gasteiger partial charge on any atom is -0.324 e. The van der Waals surface area contributed by atoms with Gasteiger partial charge in [0.25, 0.3) is 0 Å². The van der Waals surface area contributed by atoms with Crippen LogP contribution in [-0.2, 0) is 4.79 Å². The Morgan fingerprint density at radius 2 is 1.64 bits per heavy atom. The molecule has 0 bridgehead atoms. The van der Waals surface area contributed by atoms with Crippen molar-refractivity contribution in [1.82, 2.24) is 4.90 Å². The molecule has 2 atom stereocenters. The van der Waals surface area contributed by atoms with E-state index < -0.39 is 0 Å². The number of halogens is 1. The first-order valence-electron chi connectivity index (χ1n) is 9.32. The average molecular weight is 342 g/mol. The summed E-state index contributed by atoms with van der Waals surface area (Å²) in [4.78, 5) is 15.5. The van der Waals surface area contributed by atoms with E-state index in [1.807, 2.05) is 0 Å². The Morgan fingerprint density at radius 3 is 2.32 bits per heavy atom. The lowest BCUT2D eigenvalue weighted by Crippen LogP contribution is -2.52. The molecule has 0 aromatic rings. The fourth-order valence-corrected chi connectivity index (χ4v) is 8.21. The van der Waals surface area contributed by atoms with E-state index in [1.54, 1.807) is 0 Å². The summed E-state index contributed by atoms with van der Waals surface area (Å²) in [7, 11) is 0. The van der Waals surface area contributed by atoms with Gasteiger partial charge >= 0.3 is 0 Å². The van der Waals surface area contributed by atoms with Crippen LogP contribution in [0.3, 0.4) is 0 Å². The number of amides is 1. The van der Waals surface area contributed by atoms with Gasteiger partial charge in [-0.3, -0.25) is 4.79 Å². The SMILES string of the molecule is O=C1CC[C@H](Cl)C[C@H]2N1C1(CCCCC1)SC21CCCCC1. The summed E-state index contributed by atoms with van der Waals surface area (Å²) in [5.41, 5.74) is 0. The fourth-order valence-electron chi connectivity index (χ4n) is 5.53. The third kappa shape index (κ3) is 2.42. The Bertz CT molecular complexity index is 442. The number of hydrogen-bond donors (Lipinski definition) is 0. The molecule has 2 aliphatic carbocycles. The molecule has 2 saturated heterocycles. The monoisotopic (exact) mass is 341 g/mol.